The van der Waals surface area contributed by atoms with Gasteiger partial charge >= 0.3 is 6.09 Å². The summed E-state index contributed by atoms with van der Waals surface area (Å²) < 4.78 is 5.20. The number of rotatable bonds is 1. The molecule has 1 amide bonds. The molecule has 0 atom stereocenters. The molecule has 3 N–H and O–H groups in total. The topological polar surface area (TPSA) is 64.3 Å². The first kappa shape index (κ1) is 13.2. The molecule has 0 saturated heterocycles. The lowest BCUT2D eigenvalue weighted by Gasteiger charge is -2.20. The molecule has 0 saturated carbocycles. The lowest BCUT2D eigenvalue weighted by Crippen LogP contribution is -2.27. The first-order chi connectivity index (χ1) is 8.85. The normalized spacial score (nSPS) is 11.3. The fraction of sp³-hybridized carbons (Fsp3) is 0.267. The number of amides is 1. The molecule has 2 aromatic rings. The minimum atomic E-state index is -0.532. The van der Waals surface area contributed by atoms with Crippen LogP contribution in [0.2, 0.25) is 0 Å². The third-order valence-corrected chi connectivity index (χ3v) is 2.55. The van der Waals surface area contributed by atoms with Gasteiger partial charge in [0.2, 0.25) is 0 Å². The Morgan fingerprint density at radius 3 is 2.32 bits per heavy atom. The van der Waals surface area contributed by atoms with Crippen LogP contribution in [-0.4, -0.2) is 11.7 Å². The van der Waals surface area contributed by atoms with Crippen molar-refractivity contribution in [2.75, 3.05) is 11.1 Å². The molecule has 0 heterocycles. The molecule has 0 spiro atoms. The summed E-state index contributed by atoms with van der Waals surface area (Å²) in [6.07, 6.45) is -0.505. The number of hydrogen-bond acceptors (Lipinski definition) is 3. The second-order valence-corrected chi connectivity index (χ2v) is 5.41. The Kier molecular flexibility index (Phi) is 3.34. The fourth-order valence-electron chi connectivity index (χ4n) is 1.78. The van der Waals surface area contributed by atoms with Crippen molar-refractivity contribution in [2.45, 2.75) is 26.4 Å². The Morgan fingerprint density at radius 2 is 1.74 bits per heavy atom. The van der Waals surface area contributed by atoms with Gasteiger partial charge in [0, 0.05) is 0 Å². The van der Waals surface area contributed by atoms with Gasteiger partial charge in [0.05, 0.1) is 11.4 Å². The predicted octanol–water partition coefficient (Wildman–Crippen LogP) is 3.77. The predicted molar refractivity (Wildman–Crippen MR) is 78.2 cm³/mol. The zero-order valence-corrected chi connectivity index (χ0v) is 11.4. The molecule has 4 heteroatoms. The van der Waals surface area contributed by atoms with Crippen LogP contribution in [-0.2, 0) is 4.74 Å². The van der Waals surface area contributed by atoms with Gasteiger partial charge in [-0.25, -0.2) is 4.79 Å². The molecule has 0 aliphatic rings. The molecule has 0 radical (unpaired) electrons. The molecule has 0 bridgehead atoms. The maximum Gasteiger partial charge on any atom is 0.412 e. The van der Waals surface area contributed by atoms with Crippen LogP contribution in [0.25, 0.3) is 10.8 Å². The summed E-state index contributed by atoms with van der Waals surface area (Å²) in [5, 5.41) is 4.73. The van der Waals surface area contributed by atoms with Crippen LogP contribution in [0, 0.1) is 0 Å². The highest BCUT2D eigenvalue weighted by atomic mass is 16.6. The van der Waals surface area contributed by atoms with E-state index in [0.717, 1.165) is 10.8 Å². The highest BCUT2D eigenvalue weighted by molar-refractivity contribution is 5.96. The number of hydrogen-bond donors (Lipinski definition) is 2. The van der Waals surface area contributed by atoms with E-state index in [-0.39, 0.29) is 0 Å². The quantitative estimate of drug-likeness (QED) is 0.765. The maximum absolute atomic E-state index is 11.7. The number of nitrogen functional groups attached to an aromatic ring is 1. The fourth-order valence-corrected chi connectivity index (χ4v) is 1.78. The third-order valence-electron chi connectivity index (χ3n) is 2.55. The molecule has 0 aromatic heterocycles. The van der Waals surface area contributed by atoms with Crippen LogP contribution in [0.3, 0.4) is 0 Å². The van der Waals surface area contributed by atoms with Gasteiger partial charge in [0.25, 0.3) is 0 Å². The van der Waals surface area contributed by atoms with Gasteiger partial charge < -0.3 is 10.5 Å². The van der Waals surface area contributed by atoms with Crippen molar-refractivity contribution in [2.24, 2.45) is 0 Å². The minimum Gasteiger partial charge on any atom is -0.444 e. The van der Waals surface area contributed by atoms with Crippen LogP contribution < -0.4 is 11.1 Å². The number of benzene rings is 2. The second kappa shape index (κ2) is 4.80. The zero-order chi connectivity index (χ0) is 14.0. The first-order valence-corrected chi connectivity index (χ1v) is 6.13. The Bertz CT molecular complexity index is 615. The molecule has 19 heavy (non-hydrogen) atoms. The van der Waals surface area contributed by atoms with E-state index in [0.29, 0.717) is 11.4 Å². The van der Waals surface area contributed by atoms with E-state index < -0.39 is 11.7 Å². The maximum atomic E-state index is 11.7. The van der Waals surface area contributed by atoms with Crippen LogP contribution in [0.5, 0.6) is 0 Å². The highest BCUT2D eigenvalue weighted by Crippen LogP contribution is 2.26. The van der Waals surface area contributed by atoms with Gasteiger partial charge in [-0.1, -0.05) is 24.3 Å². The first-order valence-electron chi connectivity index (χ1n) is 6.13. The molecule has 0 aliphatic carbocycles. The zero-order valence-electron chi connectivity index (χ0n) is 11.4. The average Bonchev–Trinajstić information content (AvgIpc) is 2.27. The number of ether oxygens (including phenoxy) is 1. The number of nitrogens with one attached hydrogen (secondary N) is 1. The molecule has 2 aromatic carbocycles. The SMILES string of the molecule is CC(C)(C)OC(=O)Nc1cc2ccccc2cc1N. The largest absolute Gasteiger partial charge is 0.444 e. The number of carbonyl (C=O) groups excluding carboxylic acids is 1. The Labute approximate surface area is 112 Å². The van der Waals surface area contributed by atoms with Gasteiger partial charge in [0.1, 0.15) is 5.60 Å². The monoisotopic (exact) mass is 258 g/mol. The Hall–Kier alpha value is -2.23. The van der Waals surface area contributed by atoms with Gasteiger partial charge in [0.15, 0.2) is 0 Å². The summed E-state index contributed by atoms with van der Waals surface area (Å²) in [7, 11) is 0. The average molecular weight is 258 g/mol. The molecular formula is C15H18N2O2. The van der Waals surface area contributed by atoms with Crippen LogP contribution >= 0.6 is 0 Å². The van der Waals surface area contributed by atoms with Crippen molar-refractivity contribution in [1.82, 2.24) is 0 Å². The Balaban J connectivity index is 2.25. The van der Waals surface area contributed by atoms with Crippen molar-refractivity contribution in [1.29, 1.82) is 0 Å². The van der Waals surface area contributed by atoms with Crippen molar-refractivity contribution in [3.05, 3.63) is 36.4 Å². The third kappa shape index (κ3) is 3.37. The molecule has 0 fully saturated rings. The van der Waals surface area contributed by atoms with E-state index in [1.807, 2.05) is 57.2 Å². The van der Waals surface area contributed by atoms with Crippen LogP contribution in [0.1, 0.15) is 20.8 Å². The van der Waals surface area contributed by atoms with Gasteiger partial charge in [-0.3, -0.25) is 5.32 Å². The molecule has 0 unspecified atom stereocenters. The van der Waals surface area contributed by atoms with Crippen molar-refractivity contribution >= 4 is 28.2 Å². The molecule has 4 nitrogen and oxygen atoms in total. The van der Waals surface area contributed by atoms with Crippen molar-refractivity contribution in [3.8, 4) is 0 Å². The van der Waals surface area contributed by atoms with E-state index in [1.165, 1.54) is 0 Å². The van der Waals surface area contributed by atoms with Crippen LogP contribution in [0.4, 0.5) is 16.2 Å². The lowest BCUT2D eigenvalue weighted by molar-refractivity contribution is 0.0636. The summed E-state index contributed by atoms with van der Waals surface area (Å²) in [4.78, 5) is 11.7. The van der Waals surface area contributed by atoms with Gasteiger partial charge in [-0.15, -0.1) is 0 Å². The summed E-state index contributed by atoms with van der Waals surface area (Å²) in [5.74, 6) is 0. The highest BCUT2D eigenvalue weighted by Gasteiger charge is 2.17. The summed E-state index contributed by atoms with van der Waals surface area (Å²) in [5.41, 5.74) is 6.48. The van der Waals surface area contributed by atoms with Crippen LogP contribution in [0.15, 0.2) is 36.4 Å². The molecule has 100 valence electrons. The molecular weight excluding hydrogens is 240 g/mol. The molecule has 2 rings (SSSR count). The van der Waals surface area contributed by atoms with E-state index in [4.69, 9.17) is 10.5 Å². The summed E-state index contributed by atoms with van der Waals surface area (Å²) in [6.45, 7) is 5.45. The van der Waals surface area contributed by atoms with Gasteiger partial charge in [-0.05, 0) is 43.7 Å². The number of nitrogens with two attached hydrogens (primary N) is 1. The van der Waals surface area contributed by atoms with E-state index in [1.54, 1.807) is 0 Å². The van der Waals surface area contributed by atoms with Gasteiger partial charge in [-0.2, -0.15) is 0 Å². The summed E-state index contributed by atoms with van der Waals surface area (Å²) in [6, 6.07) is 11.5. The lowest BCUT2D eigenvalue weighted by atomic mass is 10.1. The molecule has 0 aliphatic heterocycles. The van der Waals surface area contributed by atoms with Crippen molar-refractivity contribution < 1.29 is 9.53 Å². The standard InChI is InChI=1S/C15H18N2O2/c1-15(2,3)19-14(18)17-13-9-11-7-5-4-6-10(11)8-12(13)16/h4-9H,16H2,1-3H3,(H,17,18). The Morgan fingerprint density at radius 1 is 1.16 bits per heavy atom. The number of anilines is 2. The van der Waals surface area contributed by atoms with E-state index in [9.17, 15) is 4.79 Å². The van der Waals surface area contributed by atoms with E-state index in [2.05, 4.69) is 5.32 Å². The number of carbonyl (C=O) groups is 1. The van der Waals surface area contributed by atoms with Crippen molar-refractivity contribution in [3.63, 3.8) is 0 Å². The minimum absolute atomic E-state index is 0.505. The smallest absolute Gasteiger partial charge is 0.412 e. The second-order valence-electron chi connectivity index (χ2n) is 5.41. The summed E-state index contributed by atoms with van der Waals surface area (Å²) >= 11 is 0. The number of fused-ring (bicyclic) bond motifs is 1. The van der Waals surface area contributed by atoms with E-state index >= 15 is 0 Å².